The van der Waals surface area contributed by atoms with Crippen molar-refractivity contribution in [2.45, 2.75) is 19.3 Å². The highest BCUT2D eigenvalue weighted by Crippen LogP contribution is 2.34. The zero-order valence-corrected chi connectivity index (χ0v) is 13.7. The van der Waals surface area contributed by atoms with Crippen LogP contribution in [0.5, 0.6) is 0 Å². The maximum absolute atomic E-state index is 11.4. The number of nitrogens with two attached hydrogens (primary N) is 1. The van der Waals surface area contributed by atoms with E-state index in [0.717, 1.165) is 19.3 Å². The third kappa shape index (κ3) is 3.48. The molecule has 3 rings (SSSR count). The topological polar surface area (TPSA) is 110 Å². The Morgan fingerprint density at radius 1 is 1.25 bits per heavy atom. The second-order valence-electron chi connectivity index (χ2n) is 5.54. The van der Waals surface area contributed by atoms with Crippen molar-refractivity contribution in [1.29, 1.82) is 0 Å². The molecule has 1 aliphatic heterocycles. The molecule has 0 atom stereocenters. The summed E-state index contributed by atoms with van der Waals surface area (Å²) >= 11 is 5.96. The van der Waals surface area contributed by atoms with Gasteiger partial charge >= 0.3 is 5.69 Å². The molecule has 0 aliphatic carbocycles. The van der Waals surface area contributed by atoms with Crippen LogP contribution in [0.4, 0.5) is 29.0 Å². The number of nitro groups is 1. The van der Waals surface area contributed by atoms with Crippen molar-refractivity contribution in [1.82, 2.24) is 9.97 Å². The van der Waals surface area contributed by atoms with Gasteiger partial charge in [-0.05, 0) is 37.5 Å². The van der Waals surface area contributed by atoms with Crippen LogP contribution in [0.1, 0.15) is 19.3 Å². The first kappa shape index (κ1) is 16.3. The van der Waals surface area contributed by atoms with E-state index in [1.807, 2.05) is 4.90 Å². The molecule has 1 saturated heterocycles. The van der Waals surface area contributed by atoms with Gasteiger partial charge in [-0.15, -0.1) is 0 Å². The predicted molar refractivity (Wildman–Crippen MR) is 93.9 cm³/mol. The van der Waals surface area contributed by atoms with Crippen LogP contribution in [0.25, 0.3) is 0 Å². The van der Waals surface area contributed by atoms with E-state index >= 15 is 0 Å². The molecular weight excluding hydrogens is 332 g/mol. The number of hydrogen-bond acceptors (Lipinski definition) is 7. The average molecular weight is 349 g/mol. The summed E-state index contributed by atoms with van der Waals surface area (Å²) in [5.41, 5.74) is 6.27. The maximum Gasteiger partial charge on any atom is 0.353 e. The van der Waals surface area contributed by atoms with Crippen LogP contribution in [-0.4, -0.2) is 28.0 Å². The molecule has 1 aromatic heterocycles. The van der Waals surface area contributed by atoms with Gasteiger partial charge in [-0.2, -0.15) is 9.97 Å². The molecule has 1 aliphatic rings. The van der Waals surface area contributed by atoms with Crippen LogP contribution >= 0.6 is 11.6 Å². The Hall–Kier alpha value is -2.61. The first-order valence-electron chi connectivity index (χ1n) is 7.64. The highest BCUT2D eigenvalue weighted by molar-refractivity contribution is 6.30. The van der Waals surface area contributed by atoms with Gasteiger partial charge in [0.15, 0.2) is 0 Å². The lowest BCUT2D eigenvalue weighted by molar-refractivity contribution is -0.383. The third-order valence-corrected chi connectivity index (χ3v) is 4.05. The first-order chi connectivity index (χ1) is 11.5. The summed E-state index contributed by atoms with van der Waals surface area (Å²) in [6.07, 6.45) is 3.05. The van der Waals surface area contributed by atoms with Gasteiger partial charge in [-0.3, -0.25) is 10.1 Å². The SMILES string of the molecule is Nc1nc(Nc2cccc(Cl)c2)nc(N2CCCCC2)c1[N+](=O)[O-]. The minimum Gasteiger partial charge on any atom is -0.378 e. The number of nitrogens with one attached hydrogen (secondary N) is 1. The monoisotopic (exact) mass is 348 g/mol. The molecule has 24 heavy (non-hydrogen) atoms. The van der Waals surface area contributed by atoms with Gasteiger partial charge in [-0.25, -0.2) is 0 Å². The molecule has 2 heterocycles. The maximum atomic E-state index is 11.4. The Bertz CT molecular complexity index is 764. The van der Waals surface area contributed by atoms with E-state index in [9.17, 15) is 10.1 Å². The van der Waals surface area contributed by atoms with E-state index in [1.54, 1.807) is 24.3 Å². The first-order valence-corrected chi connectivity index (χ1v) is 8.02. The molecule has 8 nitrogen and oxygen atoms in total. The summed E-state index contributed by atoms with van der Waals surface area (Å²) in [4.78, 5) is 21.1. The number of benzene rings is 1. The van der Waals surface area contributed by atoms with E-state index in [4.69, 9.17) is 17.3 Å². The second kappa shape index (κ2) is 6.88. The van der Waals surface area contributed by atoms with E-state index in [-0.39, 0.29) is 23.3 Å². The molecule has 0 unspecified atom stereocenters. The predicted octanol–water partition coefficient (Wildman–Crippen LogP) is 3.35. The molecule has 0 amide bonds. The highest BCUT2D eigenvalue weighted by atomic mass is 35.5. The van der Waals surface area contributed by atoms with Crippen LogP contribution < -0.4 is 16.0 Å². The zero-order chi connectivity index (χ0) is 17.1. The van der Waals surface area contributed by atoms with Crippen molar-refractivity contribution in [3.63, 3.8) is 0 Å². The number of halogens is 1. The lowest BCUT2D eigenvalue weighted by atomic mass is 10.1. The molecule has 9 heteroatoms. The van der Waals surface area contributed by atoms with Crippen molar-refractivity contribution in [2.75, 3.05) is 29.0 Å². The van der Waals surface area contributed by atoms with Gasteiger partial charge in [0.05, 0.1) is 4.92 Å². The van der Waals surface area contributed by atoms with Crippen LogP contribution in [0.3, 0.4) is 0 Å². The number of piperidine rings is 1. The van der Waals surface area contributed by atoms with Crippen LogP contribution in [-0.2, 0) is 0 Å². The van der Waals surface area contributed by atoms with Crippen LogP contribution in [0, 0.1) is 10.1 Å². The molecule has 3 N–H and O–H groups in total. The number of aromatic nitrogens is 2. The Morgan fingerprint density at radius 2 is 2.00 bits per heavy atom. The molecule has 2 aromatic rings. The van der Waals surface area contributed by atoms with Gasteiger partial charge in [-0.1, -0.05) is 17.7 Å². The van der Waals surface area contributed by atoms with E-state index in [0.29, 0.717) is 23.8 Å². The fourth-order valence-electron chi connectivity index (χ4n) is 2.71. The lowest BCUT2D eigenvalue weighted by Crippen LogP contribution is -2.31. The van der Waals surface area contributed by atoms with Gasteiger partial charge in [0.25, 0.3) is 0 Å². The van der Waals surface area contributed by atoms with Crippen molar-refractivity contribution >= 4 is 40.6 Å². The quantitative estimate of drug-likeness (QED) is 0.643. The van der Waals surface area contributed by atoms with E-state index < -0.39 is 4.92 Å². The largest absolute Gasteiger partial charge is 0.378 e. The average Bonchev–Trinajstić information content (AvgIpc) is 2.54. The van der Waals surface area contributed by atoms with Crippen LogP contribution in [0.2, 0.25) is 5.02 Å². The van der Waals surface area contributed by atoms with E-state index in [2.05, 4.69) is 15.3 Å². The normalized spacial score (nSPS) is 14.5. The highest BCUT2D eigenvalue weighted by Gasteiger charge is 2.28. The van der Waals surface area contributed by atoms with E-state index in [1.165, 1.54) is 0 Å². The fourth-order valence-corrected chi connectivity index (χ4v) is 2.90. The number of nitrogens with zero attached hydrogens (tertiary/aromatic N) is 4. The minimum absolute atomic E-state index is 0.153. The summed E-state index contributed by atoms with van der Waals surface area (Å²) in [5.74, 6) is 0.317. The molecular formula is C15H17ClN6O2. The lowest BCUT2D eigenvalue weighted by Gasteiger charge is -2.27. The second-order valence-corrected chi connectivity index (χ2v) is 5.98. The number of hydrogen-bond donors (Lipinski definition) is 2. The molecule has 0 saturated carbocycles. The molecule has 0 bridgehead atoms. The fraction of sp³-hybridized carbons (Fsp3) is 0.333. The van der Waals surface area contributed by atoms with Gasteiger partial charge < -0.3 is 16.0 Å². The van der Waals surface area contributed by atoms with Crippen LogP contribution in [0.15, 0.2) is 24.3 Å². The van der Waals surface area contributed by atoms with Crippen molar-refractivity contribution in [3.8, 4) is 0 Å². The minimum atomic E-state index is -0.525. The molecule has 0 radical (unpaired) electrons. The van der Waals surface area contributed by atoms with Crippen molar-refractivity contribution in [3.05, 3.63) is 39.4 Å². The zero-order valence-electron chi connectivity index (χ0n) is 12.9. The summed E-state index contributed by atoms with van der Waals surface area (Å²) in [7, 11) is 0. The molecule has 126 valence electrons. The molecule has 1 fully saturated rings. The van der Waals surface area contributed by atoms with Gasteiger partial charge in [0.2, 0.25) is 17.6 Å². The summed E-state index contributed by atoms with van der Waals surface area (Å²) in [6, 6.07) is 7.04. The van der Waals surface area contributed by atoms with Gasteiger partial charge in [0, 0.05) is 23.8 Å². The molecule has 1 aromatic carbocycles. The Balaban J connectivity index is 1.98. The third-order valence-electron chi connectivity index (χ3n) is 3.81. The number of anilines is 4. The van der Waals surface area contributed by atoms with Gasteiger partial charge in [0.1, 0.15) is 0 Å². The Morgan fingerprint density at radius 3 is 2.67 bits per heavy atom. The summed E-state index contributed by atoms with van der Waals surface area (Å²) in [6.45, 7) is 1.43. The number of nitrogen functional groups attached to an aromatic ring is 1. The number of rotatable bonds is 4. The smallest absolute Gasteiger partial charge is 0.353 e. The summed E-state index contributed by atoms with van der Waals surface area (Å²) in [5, 5.41) is 14.9. The van der Waals surface area contributed by atoms with Crippen molar-refractivity contribution in [2.24, 2.45) is 0 Å². The standard InChI is InChI=1S/C15H17ClN6O2/c16-10-5-4-6-11(9-10)18-15-19-13(17)12(22(23)24)14(20-15)21-7-2-1-3-8-21/h4-6,9H,1-3,7-8H2,(H3,17,18,19,20). The summed E-state index contributed by atoms with van der Waals surface area (Å²) < 4.78 is 0. The Labute approximate surface area is 143 Å². The molecule has 0 spiro atoms. The Kier molecular flexibility index (Phi) is 4.66. The van der Waals surface area contributed by atoms with Crippen molar-refractivity contribution < 1.29 is 4.92 Å².